The summed E-state index contributed by atoms with van der Waals surface area (Å²) < 4.78 is 52.9. The summed E-state index contributed by atoms with van der Waals surface area (Å²) in [5.41, 5.74) is -0.0436. The molecule has 1 aromatic rings. The van der Waals surface area contributed by atoms with Crippen LogP contribution in [-0.2, 0) is 0 Å². The second-order valence-electron chi connectivity index (χ2n) is 2.84. The molecule has 0 fully saturated rings. The third kappa shape index (κ3) is 3.08. The normalized spacial score (nSPS) is 11.2. The van der Waals surface area contributed by atoms with E-state index in [9.17, 15) is 17.6 Å². The molecule has 0 unspecified atom stereocenters. The summed E-state index contributed by atoms with van der Waals surface area (Å²) in [5.74, 6) is -4.32. The van der Waals surface area contributed by atoms with Crippen molar-refractivity contribution in [2.75, 3.05) is 6.61 Å². The van der Waals surface area contributed by atoms with Gasteiger partial charge in [0.2, 0.25) is 0 Å². The van der Waals surface area contributed by atoms with Crippen LogP contribution in [0.15, 0.2) is 18.3 Å². The van der Waals surface area contributed by atoms with E-state index in [-0.39, 0.29) is 11.4 Å². The molecule has 1 aromatic heterocycles. The zero-order valence-corrected chi connectivity index (χ0v) is 7.83. The first-order valence-corrected chi connectivity index (χ1v) is 4.10. The second kappa shape index (κ2) is 4.79. The van der Waals surface area contributed by atoms with E-state index in [2.05, 4.69) is 9.72 Å². The number of pyridine rings is 1. The molecule has 0 aliphatic heterocycles. The summed E-state index contributed by atoms with van der Waals surface area (Å²) >= 11 is 0. The van der Waals surface area contributed by atoms with Crippen molar-refractivity contribution in [3.05, 3.63) is 24.0 Å². The average Bonchev–Trinajstić information content (AvgIpc) is 2.26. The highest BCUT2D eigenvalue weighted by atomic mass is 19.3. The predicted octanol–water partition coefficient (Wildman–Crippen LogP) is 2.23. The molecule has 0 aliphatic rings. The molecule has 0 spiro atoms. The minimum Gasteiger partial charge on any atom is -0.487 e. The lowest BCUT2D eigenvalue weighted by Crippen LogP contribution is -2.33. The van der Waals surface area contributed by atoms with Crippen LogP contribution in [0, 0.1) is 11.3 Å². The van der Waals surface area contributed by atoms with Gasteiger partial charge in [-0.3, -0.25) is 0 Å². The van der Waals surface area contributed by atoms with E-state index in [1.165, 1.54) is 6.07 Å². The van der Waals surface area contributed by atoms with Gasteiger partial charge >= 0.3 is 12.3 Å². The van der Waals surface area contributed by atoms with E-state index >= 15 is 0 Å². The highest BCUT2D eigenvalue weighted by Crippen LogP contribution is 2.24. The maximum atomic E-state index is 12.5. The first kappa shape index (κ1) is 12.2. The Labute approximate surface area is 88.3 Å². The summed E-state index contributed by atoms with van der Waals surface area (Å²) in [6.45, 7) is -1.44. The van der Waals surface area contributed by atoms with E-state index in [4.69, 9.17) is 5.26 Å². The summed E-state index contributed by atoms with van der Waals surface area (Å²) in [5, 5.41) is 8.44. The van der Waals surface area contributed by atoms with Crippen LogP contribution in [0.5, 0.6) is 5.75 Å². The van der Waals surface area contributed by atoms with Gasteiger partial charge in [-0.05, 0) is 6.07 Å². The van der Waals surface area contributed by atoms with Crippen LogP contribution in [0.3, 0.4) is 0 Å². The molecule has 0 N–H and O–H groups in total. The van der Waals surface area contributed by atoms with Crippen molar-refractivity contribution in [2.24, 2.45) is 0 Å². The van der Waals surface area contributed by atoms with E-state index in [0.717, 1.165) is 12.3 Å². The smallest absolute Gasteiger partial charge is 0.340 e. The number of hydrogen-bond donors (Lipinski definition) is 0. The van der Waals surface area contributed by atoms with E-state index in [1.54, 1.807) is 6.07 Å². The molecular weight excluding hydrogens is 228 g/mol. The molecule has 1 rings (SSSR count). The minimum absolute atomic E-state index is 0.0436. The molecule has 0 saturated heterocycles. The van der Waals surface area contributed by atoms with Gasteiger partial charge in [0, 0.05) is 12.3 Å². The van der Waals surface area contributed by atoms with Gasteiger partial charge in [0.05, 0.1) is 0 Å². The zero-order valence-electron chi connectivity index (χ0n) is 7.83. The monoisotopic (exact) mass is 234 g/mol. The quantitative estimate of drug-likeness (QED) is 0.750. The third-order valence-electron chi connectivity index (χ3n) is 1.60. The van der Waals surface area contributed by atoms with Crippen LogP contribution in [-0.4, -0.2) is 23.9 Å². The Morgan fingerprint density at radius 3 is 2.75 bits per heavy atom. The van der Waals surface area contributed by atoms with Gasteiger partial charge in [-0.15, -0.1) is 0 Å². The molecule has 0 saturated carbocycles. The number of hydrogen-bond acceptors (Lipinski definition) is 3. The Bertz CT molecular complexity index is 403. The summed E-state index contributed by atoms with van der Waals surface area (Å²) in [7, 11) is 0. The molecular formula is C9H6F4N2O. The van der Waals surface area contributed by atoms with E-state index in [1.807, 2.05) is 0 Å². The third-order valence-corrected chi connectivity index (χ3v) is 1.60. The molecule has 3 nitrogen and oxygen atoms in total. The maximum Gasteiger partial charge on any atom is 0.340 e. The molecule has 0 radical (unpaired) electrons. The van der Waals surface area contributed by atoms with Crippen molar-refractivity contribution >= 4 is 0 Å². The van der Waals surface area contributed by atoms with Crippen molar-refractivity contribution in [1.82, 2.24) is 4.98 Å². The number of halogens is 4. The molecule has 1 heterocycles. The van der Waals surface area contributed by atoms with Crippen LogP contribution < -0.4 is 4.74 Å². The van der Waals surface area contributed by atoms with Crippen molar-refractivity contribution in [3.8, 4) is 11.8 Å². The molecule has 7 heteroatoms. The molecule has 0 bridgehead atoms. The first-order valence-electron chi connectivity index (χ1n) is 4.10. The first-order chi connectivity index (χ1) is 7.45. The van der Waals surface area contributed by atoms with Gasteiger partial charge in [-0.2, -0.15) is 14.0 Å². The van der Waals surface area contributed by atoms with Crippen molar-refractivity contribution in [3.63, 3.8) is 0 Å². The molecule has 0 aromatic carbocycles. The van der Waals surface area contributed by atoms with Crippen molar-refractivity contribution in [1.29, 1.82) is 5.26 Å². The topological polar surface area (TPSA) is 45.9 Å². The Morgan fingerprint density at radius 2 is 2.19 bits per heavy atom. The van der Waals surface area contributed by atoms with E-state index in [0.29, 0.717) is 0 Å². The van der Waals surface area contributed by atoms with Gasteiger partial charge in [-0.25, -0.2) is 13.8 Å². The van der Waals surface area contributed by atoms with Crippen molar-refractivity contribution in [2.45, 2.75) is 12.3 Å². The summed E-state index contributed by atoms with van der Waals surface area (Å²) in [4.78, 5) is 3.56. The lowest BCUT2D eigenvalue weighted by molar-refractivity contribution is -0.148. The number of rotatable bonds is 4. The second-order valence-corrected chi connectivity index (χ2v) is 2.84. The van der Waals surface area contributed by atoms with Crippen LogP contribution in [0.1, 0.15) is 5.69 Å². The van der Waals surface area contributed by atoms with Gasteiger partial charge < -0.3 is 4.74 Å². The highest BCUT2D eigenvalue weighted by molar-refractivity contribution is 5.29. The SMILES string of the molecule is N#Cc1cc(OCC(F)(F)C(F)F)ccn1. The fourth-order valence-electron chi connectivity index (χ4n) is 0.805. The largest absolute Gasteiger partial charge is 0.487 e. The lowest BCUT2D eigenvalue weighted by Gasteiger charge is -2.15. The summed E-state index contributed by atoms with van der Waals surface area (Å²) in [6.07, 6.45) is -2.63. The Kier molecular flexibility index (Phi) is 3.66. The van der Waals surface area contributed by atoms with Crippen LogP contribution in [0.4, 0.5) is 17.6 Å². The predicted molar refractivity (Wildman–Crippen MR) is 45.4 cm³/mol. The Hall–Kier alpha value is -1.84. The molecule has 0 amide bonds. The number of aromatic nitrogens is 1. The fraction of sp³-hybridized carbons (Fsp3) is 0.333. The van der Waals surface area contributed by atoms with Crippen LogP contribution in [0.25, 0.3) is 0 Å². The van der Waals surface area contributed by atoms with Gasteiger partial charge in [0.1, 0.15) is 17.5 Å². The number of nitrogens with zero attached hydrogens (tertiary/aromatic N) is 2. The maximum absolute atomic E-state index is 12.5. The van der Waals surface area contributed by atoms with Gasteiger partial charge in [0.15, 0.2) is 6.61 Å². The number of nitriles is 1. The standard InChI is InChI=1S/C9H6F4N2O/c10-8(11)9(12,13)5-16-7-1-2-15-6(3-7)4-14/h1-3,8H,5H2. The molecule has 0 atom stereocenters. The highest BCUT2D eigenvalue weighted by Gasteiger charge is 2.41. The Morgan fingerprint density at radius 1 is 1.50 bits per heavy atom. The van der Waals surface area contributed by atoms with E-state index < -0.39 is 19.0 Å². The fourth-order valence-corrected chi connectivity index (χ4v) is 0.805. The Balaban J connectivity index is 2.65. The molecule has 86 valence electrons. The minimum atomic E-state index is -4.21. The molecule has 0 aliphatic carbocycles. The average molecular weight is 234 g/mol. The van der Waals surface area contributed by atoms with Crippen LogP contribution >= 0.6 is 0 Å². The van der Waals surface area contributed by atoms with Gasteiger partial charge in [0.25, 0.3) is 0 Å². The van der Waals surface area contributed by atoms with Crippen molar-refractivity contribution < 1.29 is 22.3 Å². The summed E-state index contributed by atoms with van der Waals surface area (Å²) in [6, 6.07) is 3.94. The zero-order chi connectivity index (χ0) is 12.2. The number of alkyl halides is 4. The van der Waals surface area contributed by atoms with Gasteiger partial charge in [-0.1, -0.05) is 0 Å². The molecule has 16 heavy (non-hydrogen) atoms. The lowest BCUT2D eigenvalue weighted by atomic mass is 10.3. The number of ether oxygens (including phenoxy) is 1. The van der Waals surface area contributed by atoms with Crippen LogP contribution in [0.2, 0.25) is 0 Å².